The lowest BCUT2D eigenvalue weighted by molar-refractivity contribution is -0.139. The molecule has 0 saturated heterocycles. The van der Waals surface area contributed by atoms with Gasteiger partial charge >= 0.3 is 0 Å². The standard InChI is InChI=1S/C30H34BrN3O4S/c1-22-15-17-28(18-16-22)39(37,38)34(27-14-8-11-25(31)19-27)21-29(35)33(20-24-9-4-3-5-10-24)23(2)30(36)32-26-12-6-7-13-26/h3-5,8-11,14-19,23,26H,6-7,12-13,20-21H2,1-2H3,(H,32,36)/t23-/m0/s1. The molecule has 2 amide bonds. The van der Waals surface area contributed by atoms with E-state index in [-0.39, 0.29) is 23.4 Å². The van der Waals surface area contributed by atoms with Crippen molar-refractivity contribution in [3.8, 4) is 0 Å². The van der Waals surface area contributed by atoms with Gasteiger partial charge in [0.2, 0.25) is 11.8 Å². The molecular formula is C30H34BrN3O4S. The lowest BCUT2D eigenvalue weighted by Gasteiger charge is -2.32. The second kappa shape index (κ2) is 12.8. The van der Waals surface area contributed by atoms with E-state index in [1.165, 1.54) is 4.90 Å². The highest BCUT2D eigenvalue weighted by Crippen LogP contribution is 2.27. The Balaban J connectivity index is 1.67. The highest BCUT2D eigenvalue weighted by atomic mass is 79.9. The molecule has 3 aromatic rings. The van der Waals surface area contributed by atoms with E-state index >= 15 is 0 Å². The van der Waals surface area contributed by atoms with Crippen molar-refractivity contribution in [3.63, 3.8) is 0 Å². The predicted molar refractivity (Wildman–Crippen MR) is 157 cm³/mol. The van der Waals surface area contributed by atoms with Crippen LogP contribution < -0.4 is 9.62 Å². The summed E-state index contributed by atoms with van der Waals surface area (Å²) in [5.74, 6) is -0.704. The van der Waals surface area contributed by atoms with Crippen LogP contribution in [0.4, 0.5) is 5.69 Å². The van der Waals surface area contributed by atoms with Crippen LogP contribution in [0.2, 0.25) is 0 Å². The number of aryl methyl sites for hydroxylation is 1. The van der Waals surface area contributed by atoms with Gasteiger partial charge in [-0.05, 0) is 62.6 Å². The molecule has 0 spiro atoms. The summed E-state index contributed by atoms with van der Waals surface area (Å²) in [7, 11) is -4.09. The molecule has 9 heteroatoms. The minimum absolute atomic E-state index is 0.0857. The summed E-state index contributed by atoms with van der Waals surface area (Å²) in [6.07, 6.45) is 4.00. The summed E-state index contributed by atoms with van der Waals surface area (Å²) in [6.45, 7) is 3.30. The fraction of sp³-hybridized carbons (Fsp3) is 0.333. The normalized spacial score (nSPS) is 14.5. The first-order valence-electron chi connectivity index (χ1n) is 13.1. The van der Waals surface area contributed by atoms with Crippen molar-refractivity contribution in [1.82, 2.24) is 10.2 Å². The number of nitrogens with one attached hydrogen (secondary N) is 1. The van der Waals surface area contributed by atoms with E-state index in [1.807, 2.05) is 37.3 Å². The Bertz CT molecular complexity index is 1390. The number of carbonyl (C=O) groups excluding carboxylic acids is 2. The van der Waals surface area contributed by atoms with Crippen molar-refractivity contribution in [2.75, 3.05) is 10.8 Å². The summed E-state index contributed by atoms with van der Waals surface area (Å²) in [6, 6.07) is 22.1. The maximum Gasteiger partial charge on any atom is 0.264 e. The molecule has 39 heavy (non-hydrogen) atoms. The van der Waals surface area contributed by atoms with Gasteiger partial charge in [-0.2, -0.15) is 0 Å². The van der Waals surface area contributed by atoms with Crippen molar-refractivity contribution in [2.24, 2.45) is 0 Å². The molecule has 4 rings (SSSR count). The molecule has 0 aliphatic heterocycles. The molecule has 7 nitrogen and oxygen atoms in total. The van der Waals surface area contributed by atoms with Crippen molar-refractivity contribution < 1.29 is 18.0 Å². The quantitative estimate of drug-likeness (QED) is 0.331. The number of hydrogen-bond acceptors (Lipinski definition) is 4. The fourth-order valence-corrected chi connectivity index (χ4v) is 6.55. The Labute approximate surface area is 239 Å². The van der Waals surface area contributed by atoms with Crippen molar-refractivity contribution in [2.45, 2.75) is 63.1 Å². The first-order chi connectivity index (χ1) is 18.6. The van der Waals surface area contributed by atoms with Crippen LogP contribution in [0.1, 0.15) is 43.7 Å². The van der Waals surface area contributed by atoms with Crippen LogP contribution in [0.15, 0.2) is 88.2 Å². The maximum atomic E-state index is 14.0. The molecule has 0 heterocycles. The van der Waals surface area contributed by atoms with E-state index in [4.69, 9.17) is 0 Å². The van der Waals surface area contributed by atoms with Gasteiger partial charge in [-0.15, -0.1) is 0 Å². The molecule has 1 saturated carbocycles. The highest BCUT2D eigenvalue weighted by molar-refractivity contribution is 9.10. The zero-order valence-electron chi connectivity index (χ0n) is 22.2. The minimum Gasteiger partial charge on any atom is -0.352 e. The Kier molecular flexibility index (Phi) is 9.45. The second-order valence-corrected chi connectivity index (χ2v) is 12.8. The van der Waals surface area contributed by atoms with E-state index in [9.17, 15) is 18.0 Å². The van der Waals surface area contributed by atoms with Gasteiger partial charge in [0.1, 0.15) is 12.6 Å². The minimum atomic E-state index is -4.09. The van der Waals surface area contributed by atoms with Crippen LogP contribution in [-0.4, -0.2) is 43.8 Å². The van der Waals surface area contributed by atoms with Gasteiger partial charge in [-0.3, -0.25) is 13.9 Å². The summed E-state index contributed by atoms with van der Waals surface area (Å²) in [5.41, 5.74) is 2.12. The van der Waals surface area contributed by atoms with Gasteiger partial charge in [-0.1, -0.05) is 82.9 Å². The molecular weight excluding hydrogens is 578 g/mol. The average molecular weight is 613 g/mol. The third-order valence-electron chi connectivity index (χ3n) is 7.05. The fourth-order valence-electron chi connectivity index (χ4n) is 4.75. The van der Waals surface area contributed by atoms with E-state index in [1.54, 1.807) is 55.5 Å². The lowest BCUT2D eigenvalue weighted by Crippen LogP contribution is -2.52. The Morgan fingerprint density at radius 2 is 1.64 bits per heavy atom. The number of anilines is 1. The number of nitrogens with zero attached hydrogens (tertiary/aromatic N) is 2. The van der Waals surface area contributed by atoms with E-state index < -0.39 is 28.5 Å². The molecule has 1 N–H and O–H groups in total. The average Bonchev–Trinajstić information content (AvgIpc) is 3.43. The molecule has 1 aliphatic carbocycles. The summed E-state index contributed by atoms with van der Waals surface area (Å²) < 4.78 is 29.5. The van der Waals surface area contributed by atoms with Crippen LogP contribution in [0.5, 0.6) is 0 Å². The van der Waals surface area contributed by atoms with Gasteiger partial charge < -0.3 is 10.2 Å². The van der Waals surface area contributed by atoms with E-state index in [0.29, 0.717) is 10.2 Å². The summed E-state index contributed by atoms with van der Waals surface area (Å²) in [4.78, 5) is 28.8. The zero-order valence-corrected chi connectivity index (χ0v) is 24.6. The molecule has 3 aromatic carbocycles. The van der Waals surface area contributed by atoms with Crippen LogP contribution in [0, 0.1) is 6.92 Å². The molecule has 0 unspecified atom stereocenters. The molecule has 1 aliphatic rings. The first kappa shape index (κ1) is 28.8. The van der Waals surface area contributed by atoms with Crippen LogP contribution >= 0.6 is 15.9 Å². The number of carbonyl (C=O) groups is 2. The Morgan fingerprint density at radius 3 is 2.28 bits per heavy atom. The second-order valence-electron chi connectivity index (χ2n) is 9.98. The van der Waals surface area contributed by atoms with Crippen molar-refractivity contribution in [3.05, 3.63) is 94.5 Å². The highest BCUT2D eigenvalue weighted by Gasteiger charge is 2.33. The van der Waals surface area contributed by atoms with Crippen LogP contribution in [-0.2, 0) is 26.2 Å². The van der Waals surface area contributed by atoms with Gasteiger partial charge in [0.05, 0.1) is 10.6 Å². The monoisotopic (exact) mass is 611 g/mol. The first-order valence-corrected chi connectivity index (χ1v) is 15.4. The summed E-state index contributed by atoms with van der Waals surface area (Å²) in [5, 5.41) is 3.08. The van der Waals surface area contributed by atoms with Crippen LogP contribution in [0.25, 0.3) is 0 Å². The Hall–Kier alpha value is -3.17. The number of sulfonamides is 1. The number of amides is 2. The van der Waals surface area contributed by atoms with Gasteiger partial charge in [0, 0.05) is 17.1 Å². The molecule has 1 atom stereocenters. The number of hydrogen-bond donors (Lipinski definition) is 1. The SMILES string of the molecule is Cc1ccc(S(=O)(=O)N(CC(=O)N(Cc2ccccc2)[C@@H](C)C(=O)NC2CCCC2)c2cccc(Br)c2)cc1. The number of rotatable bonds is 10. The number of halogens is 1. The predicted octanol–water partition coefficient (Wildman–Crippen LogP) is 5.43. The molecule has 1 fully saturated rings. The molecule has 0 bridgehead atoms. The van der Waals surface area contributed by atoms with Crippen LogP contribution in [0.3, 0.4) is 0 Å². The van der Waals surface area contributed by atoms with E-state index in [0.717, 1.165) is 41.1 Å². The molecule has 0 aromatic heterocycles. The van der Waals surface area contributed by atoms with Crippen molar-refractivity contribution >= 4 is 43.5 Å². The third kappa shape index (κ3) is 7.28. The summed E-state index contributed by atoms with van der Waals surface area (Å²) >= 11 is 3.42. The Morgan fingerprint density at radius 1 is 0.974 bits per heavy atom. The zero-order chi connectivity index (χ0) is 28.0. The smallest absolute Gasteiger partial charge is 0.264 e. The van der Waals surface area contributed by atoms with Gasteiger partial charge in [-0.25, -0.2) is 8.42 Å². The van der Waals surface area contributed by atoms with Gasteiger partial charge in [0.25, 0.3) is 10.0 Å². The number of benzene rings is 3. The largest absolute Gasteiger partial charge is 0.352 e. The van der Waals surface area contributed by atoms with Crippen molar-refractivity contribution in [1.29, 1.82) is 0 Å². The van der Waals surface area contributed by atoms with E-state index in [2.05, 4.69) is 21.2 Å². The molecule has 206 valence electrons. The van der Waals surface area contributed by atoms with Gasteiger partial charge in [0.15, 0.2) is 0 Å². The third-order valence-corrected chi connectivity index (χ3v) is 9.33. The molecule has 0 radical (unpaired) electrons. The lowest BCUT2D eigenvalue weighted by atomic mass is 10.1. The maximum absolute atomic E-state index is 14.0. The topological polar surface area (TPSA) is 86.8 Å².